The molecule has 0 aliphatic rings. The molecule has 0 aliphatic carbocycles. The Morgan fingerprint density at radius 1 is 1.12 bits per heavy atom. The summed E-state index contributed by atoms with van der Waals surface area (Å²) in [5.41, 5.74) is 0. The molecule has 0 spiro atoms. The van der Waals surface area contributed by atoms with Crippen LogP contribution in [0.25, 0.3) is 0 Å². The van der Waals surface area contributed by atoms with Gasteiger partial charge in [-0.1, -0.05) is 15.4 Å². The Bertz CT molecular complexity index is 614. The maximum Gasteiger partial charge on any atom is 0.291 e. The molecule has 0 heterocycles. The van der Waals surface area contributed by atoms with Crippen molar-refractivity contribution in [3.05, 3.63) is 29.3 Å². The molecule has 0 amide bonds. The molecular formula is C9H13ClN2O3S2. The summed E-state index contributed by atoms with van der Waals surface area (Å²) in [5, 5.41) is 0.425. The van der Waals surface area contributed by atoms with Crippen molar-refractivity contribution in [1.82, 2.24) is 4.31 Å². The monoisotopic (exact) mass is 296 g/mol. The van der Waals surface area contributed by atoms with Crippen LogP contribution in [0.5, 0.6) is 0 Å². The molecule has 1 rings (SSSR count). The lowest BCUT2D eigenvalue weighted by Crippen LogP contribution is -2.21. The first-order valence-electron chi connectivity index (χ1n) is 4.56. The third-order valence-electron chi connectivity index (χ3n) is 2.03. The highest BCUT2D eigenvalue weighted by Gasteiger charge is 2.17. The third kappa shape index (κ3) is 3.67. The summed E-state index contributed by atoms with van der Waals surface area (Å²) in [5.74, 6) is 0. The summed E-state index contributed by atoms with van der Waals surface area (Å²) in [7, 11) is -3.85. The Hall–Kier alpha value is -0.630. The van der Waals surface area contributed by atoms with E-state index in [9.17, 15) is 12.6 Å². The van der Waals surface area contributed by atoms with Crippen LogP contribution in [-0.4, -0.2) is 37.3 Å². The van der Waals surface area contributed by atoms with Crippen molar-refractivity contribution < 1.29 is 12.6 Å². The highest BCUT2D eigenvalue weighted by molar-refractivity contribution is 8.01. The molecule has 0 fully saturated rings. The average molecular weight is 297 g/mol. The summed E-state index contributed by atoms with van der Waals surface area (Å²) < 4.78 is 40.3. The maximum atomic E-state index is 11.9. The number of nitrogens with zero attached hydrogens (tertiary/aromatic N) is 2. The molecule has 0 aromatic heterocycles. The van der Waals surface area contributed by atoms with E-state index >= 15 is 0 Å². The van der Waals surface area contributed by atoms with Crippen LogP contribution in [0.15, 0.2) is 32.9 Å². The number of hydrogen-bond acceptors (Lipinski definition) is 3. The van der Waals surface area contributed by atoms with Gasteiger partial charge < -0.3 is 0 Å². The zero-order valence-corrected chi connectivity index (χ0v) is 12.0. The van der Waals surface area contributed by atoms with Crippen LogP contribution in [0.1, 0.15) is 0 Å². The fourth-order valence-corrected chi connectivity index (χ4v) is 3.84. The van der Waals surface area contributed by atoms with Crippen LogP contribution in [0, 0.1) is 0 Å². The van der Waals surface area contributed by atoms with Gasteiger partial charge in [0.05, 0.1) is 4.90 Å². The molecule has 0 N–H and O–H groups in total. The van der Waals surface area contributed by atoms with Gasteiger partial charge in [-0.15, -0.1) is 0 Å². The fourth-order valence-electron chi connectivity index (χ4n) is 0.898. The maximum absolute atomic E-state index is 11.9. The Morgan fingerprint density at radius 3 is 2.00 bits per heavy atom. The summed E-state index contributed by atoms with van der Waals surface area (Å²) in [6.07, 6.45) is 1.26. The van der Waals surface area contributed by atoms with E-state index in [1.54, 1.807) is 0 Å². The van der Waals surface area contributed by atoms with Gasteiger partial charge in [-0.05, 0) is 24.3 Å². The topological polar surface area (TPSA) is 66.8 Å². The van der Waals surface area contributed by atoms with E-state index < -0.39 is 19.9 Å². The summed E-state index contributed by atoms with van der Waals surface area (Å²) in [6.45, 7) is 0. The van der Waals surface area contributed by atoms with Crippen molar-refractivity contribution >= 4 is 31.5 Å². The number of rotatable bonds is 3. The van der Waals surface area contributed by atoms with Crippen LogP contribution in [-0.2, 0) is 19.9 Å². The molecule has 1 atom stereocenters. The lowest BCUT2D eigenvalue weighted by molar-refractivity contribution is 0.588. The second-order valence-corrected chi connectivity index (χ2v) is 8.29. The molecule has 0 saturated heterocycles. The van der Waals surface area contributed by atoms with Crippen molar-refractivity contribution in [1.29, 1.82) is 0 Å². The van der Waals surface area contributed by atoms with E-state index in [1.165, 1.54) is 48.9 Å². The fraction of sp³-hybridized carbons (Fsp3) is 0.333. The zero-order chi connectivity index (χ0) is 13.3. The molecule has 1 aromatic rings. The van der Waals surface area contributed by atoms with E-state index in [4.69, 9.17) is 11.6 Å². The lowest BCUT2D eigenvalue weighted by atomic mass is 10.4. The summed E-state index contributed by atoms with van der Waals surface area (Å²) in [6, 6.07) is 5.53. The predicted octanol–water partition coefficient (Wildman–Crippen LogP) is 1.60. The van der Waals surface area contributed by atoms with Crippen molar-refractivity contribution in [2.45, 2.75) is 4.90 Å². The van der Waals surface area contributed by atoms with E-state index in [0.717, 1.165) is 0 Å². The number of benzene rings is 1. The predicted molar refractivity (Wildman–Crippen MR) is 68.8 cm³/mol. The quantitative estimate of drug-likeness (QED) is 0.851. The Labute approximate surface area is 107 Å². The Morgan fingerprint density at radius 2 is 1.59 bits per heavy atom. The normalized spacial score (nSPS) is 15.6. The Kier molecular flexibility index (Phi) is 4.19. The minimum atomic E-state index is -3.93. The van der Waals surface area contributed by atoms with Gasteiger partial charge in [-0.3, -0.25) is 0 Å². The molecular weight excluding hydrogens is 284 g/mol. The molecule has 0 radical (unpaired) electrons. The first-order chi connectivity index (χ1) is 7.65. The van der Waals surface area contributed by atoms with E-state index in [1.807, 2.05) is 0 Å². The van der Waals surface area contributed by atoms with Crippen molar-refractivity contribution in [2.75, 3.05) is 20.4 Å². The van der Waals surface area contributed by atoms with Crippen LogP contribution < -0.4 is 0 Å². The van der Waals surface area contributed by atoms with Crippen LogP contribution in [0.2, 0.25) is 5.02 Å². The molecule has 0 bridgehead atoms. The highest BCUT2D eigenvalue weighted by Crippen LogP contribution is 2.17. The standard InChI is InChI=1S/C9H13ClN2O3S2/c1-12(2)16(3,13)11-17(14,15)9-6-4-8(10)5-7-9/h4-7H,1-3H3. The minimum absolute atomic E-state index is 0.0293. The molecule has 96 valence electrons. The van der Waals surface area contributed by atoms with E-state index in [-0.39, 0.29) is 4.90 Å². The van der Waals surface area contributed by atoms with Gasteiger partial charge in [0.15, 0.2) is 0 Å². The van der Waals surface area contributed by atoms with Crippen LogP contribution in [0.3, 0.4) is 0 Å². The van der Waals surface area contributed by atoms with Crippen molar-refractivity contribution in [2.24, 2.45) is 3.77 Å². The van der Waals surface area contributed by atoms with E-state index in [0.29, 0.717) is 5.02 Å². The van der Waals surface area contributed by atoms with Gasteiger partial charge in [0.1, 0.15) is 9.92 Å². The van der Waals surface area contributed by atoms with Crippen LogP contribution in [0.4, 0.5) is 0 Å². The van der Waals surface area contributed by atoms with Gasteiger partial charge in [0.25, 0.3) is 10.0 Å². The van der Waals surface area contributed by atoms with E-state index in [2.05, 4.69) is 3.77 Å². The van der Waals surface area contributed by atoms with Gasteiger partial charge in [-0.2, -0.15) is 8.42 Å². The smallest absolute Gasteiger partial charge is 0.233 e. The van der Waals surface area contributed by atoms with Crippen molar-refractivity contribution in [3.63, 3.8) is 0 Å². The van der Waals surface area contributed by atoms with Gasteiger partial charge >= 0.3 is 0 Å². The number of hydrogen-bond donors (Lipinski definition) is 0. The molecule has 8 heteroatoms. The SMILES string of the molecule is CN(C)S(C)(=O)=NS(=O)(=O)c1ccc(Cl)cc1. The van der Waals surface area contributed by atoms with Crippen molar-refractivity contribution in [3.8, 4) is 0 Å². The second kappa shape index (κ2) is 4.93. The third-order valence-corrected chi connectivity index (χ3v) is 6.39. The van der Waals surface area contributed by atoms with Gasteiger partial charge in [0.2, 0.25) is 0 Å². The number of sulfonamides is 1. The molecule has 5 nitrogen and oxygen atoms in total. The lowest BCUT2D eigenvalue weighted by Gasteiger charge is -2.11. The van der Waals surface area contributed by atoms with Gasteiger partial charge in [-0.25, -0.2) is 8.51 Å². The van der Waals surface area contributed by atoms with Gasteiger partial charge in [0, 0.05) is 25.4 Å². The average Bonchev–Trinajstić information content (AvgIpc) is 2.16. The first kappa shape index (κ1) is 14.4. The summed E-state index contributed by atoms with van der Waals surface area (Å²) >= 11 is 5.66. The highest BCUT2D eigenvalue weighted by atomic mass is 35.5. The molecule has 0 saturated carbocycles. The first-order valence-corrected chi connectivity index (χ1v) is 8.26. The molecule has 17 heavy (non-hydrogen) atoms. The number of halogens is 1. The second-order valence-electron chi connectivity index (χ2n) is 3.58. The zero-order valence-electron chi connectivity index (χ0n) is 9.62. The van der Waals surface area contributed by atoms with Crippen LogP contribution >= 0.6 is 11.6 Å². The Balaban J connectivity index is 3.32. The molecule has 1 aromatic carbocycles. The minimum Gasteiger partial charge on any atom is -0.233 e. The summed E-state index contributed by atoms with van der Waals surface area (Å²) in [4.78, 5) is -0.0293. The largest absolute Gasteiger partial charge is 0.291 e. The molecule has 0 aliphatic heterocycles. The molecule has 1 unspecified atom stereocenters.